The van der Waals surface area contributed by atoms with E-state index in [-0.39, 0.29) is 0 Å². The van der Waals surface area contributed by atoms with Crippen molar-refractivity contribution in [3.05, 3.63) is 23.9 Å². The molecule has 0 aliphatic carbocycles. The van der Waals surface area contributed by atoms with E-state index < -0.39 is 6.09 Å². The number of aryl methyl sites for hydroxylation is 1. The molecule has 1 aromatic heterocycles. The molecule has 69 valence electrons. The summed E-state index contributed by atoms with van der Waals surface area (Å²) in [5.74, 6) is 0.511. The van der Waals surface area contributed by atoms with Gasteiger partial charge in [-0.25, -0.2) is 9.78 Å². The largest absolute Gasteiger partial charge is 0.450 e. The van der Waals surface area contributed by atoms with E-state index in [0.29, 0.717) is 12.4 Å². The second-order valence-electron chi connectivity index (χ2n) is 2.45. The number of pyridine rings is 1. The van der Waals surface area contributed by atoms with E-state index in [1.807, 2.05) is 6.92 Å². The Morgan fingerprint density at radius 3 is 3.15 bits per heavy atom. The normalized spacial score (nSPS) is 9.38. The fourth-order valence-corrected chi connectivity index (χ4v) is 0.829. The van der Waals surface area contributed by atoms with Gasteiger partial charge in [-0.1, -0.05) is 0 Å². The van der Waals surface area contributed by atoms with Gasteiger partial charge in [-0.3, -0.25) is 5.32 Å². The summed E-state index contributed by atoms with van der Waals surface area (Å²) in [6.45, 7) is 3.94. The van der Waals surface area contributed by atoms with Crippen molar-refractivity contribution < 1.29 is 9.53 Å². The van der Waals surface area contributed by atoms with E-state index in [4.69, 9.17) is 4.74 Å². The van der Waals surface area contributed by atoms with Crippen LogP contribution >= 0.6 is 0 Å². The number of rotatable bonds is 2. The maximum absolute atomic E-state index is 11.0. The molecule has 1 N–H and O–H groups in total. The highest BCUT2D eigenvalue weighted by Gasteiger charge is 2.04. The van der Waals surface area contributed by atoms with Crippen LogP contribution in [0.3, 0.4) is 0 Å². The minimum Gasteiger partial charge on any atom is -0.450 e. The van der Waals surface area contributed by atoms with Crippen molar-refractivity contribution in [1.82, 2.24) is 4.98 Å². The van der Waals surface area contributed by atoms with Crippen molar-refractivity contribution in [2.24, 2.45) is 0 Å². The first kappa shape index (κ1) is 9.51. The highest BCUT2D eigenvalue weighted by molar-refractivity contribution is 5.84. The molecule has 0 aliphatic heterocycles. The van der Waals surface area contributed by atoms with Crippen molar-refractivity contribution in [2.75, 3.05) is 11.9 Å². The monoisotopic (exact) mass is 179 g/mol. The SMILES string of the molecule is CCOC(=O)Nc1nc[c]cc1C. The van der Waals surface area contributed by atoms with Gasteiger partial charge >= 0.3 is 6.09 Å². The summed E-state index contributed by atoms with van der Waals surface area (Å²) in [7, 11) is 0. The predicted molar refractivity (Wildman–Crippen MR) is 48.5 cm³/mol. The van der Waals surface area contributed by atoms with Crippen molar-refractivity contribution in [3.63, 3.8) is 0 Å². The number of ether oxygens (including phenoxy) is 1. The molecule has 0 unspecified atom stereocenters. The van der Waals surface area contributed by atoms with Gasteiger partial charge in [-0.05, 0) is 25.5 Å². The summed E-state index contributed by atoms with van der Waals surface area (Å²) in [5, 5.41) is 2.52. The van der Waals surface area contributed by atoms with E-state index in [0.717, 1.165) is 5.56 Å². The Kier molecular flexibility index (Phi) is 3.25. The van der Waals surface area contributed by atoms with Crippen LogP contribution in [0, 0.1) is 13.0 Å². The molecule has 0 fully saturated rings. The molecule has 13 heavy (non-hydrogen) atoms. The zero-order chi connectivity index (χ0) is 9.68. The zero-order valence-corrected chi connectivity index (χ0v) is 7.63. The molecule has 0 atom stereocenters. The number of nitrogens with one attached hydrogen (secondary N) is 1. The minimum atomic E-state index is -0.482. The van der Waals surface area contributed by atoms with Crippen LogP contribution in [0.15, 0.2) is 12.3 Å². The fraction of sp³-hybridized carbons (Fsp3) is 0.333. The third kappa shape index (κ3) is 2.74. The molecule has 1 radical (unpaired) electrons. The van der Waals surface area contributed by atoms with Gasteiger partial charge in [-0.15, -0.1) is 0 Å². The molecule has 1 aromatic rings. The summed E-state index contributed by atoms with van der Waals surface area (Å²) >= 11 is 0. The summed E-state index contributed by atoms with van der Waals surface area (Å²) in [5.41, 5.74) is 0.857. The molecule has 0 aliphatic rings. The molecular weight excluding hydrogens is 168 g/mol. The van der Waals surface area contributed by atoms with Gasteiger partial charge < -0.3 is 4.74 Å². The molecule has 1 heterocycles. The summed E-state index contributed by atoms with van der Waals surface area (Å²) in [6.07, 6.45) is 1.01. The second-order valence-corrected chi connectivity index (χ2v) is 2.45. The van der Waals surface area contributed by atoms with Crippen LogP contribution in [0.5, 0.6) is 0 Å². The van der Waals surface area contributed by atoms with Gasteiger partial charge in [0.1, 0.15) is 5.82 Å². The molecule has 0 spiro atoms. The maximum atomic E-state index is 11.0. The lowest BCUT2D eigenvalue weighted by Gasteiger charge is -2.05. The van der Waals surface area contributed by atoms with Crippen molar-refractivity contribution >= 4 is 11.9 Å². The van der Waals surface area contributed by atoms with Crippen LogP contribution in [-0.2, 0) is 4.74 Å². The number of aromatic nitrogens is 1. The average molecular weight is 179 g/mol. The van der Waals surface area contributed by atoms with Crippen molar-refractivity contribution in [1.29, 1.82) is 0 Å². The molecular formula is C9H11N2O2. The zero-order valence-electron chi connectivity index (χ0n) is 7.63. The van der Waals surface area contributed by atoms with E-state index >= 15 is 0 Å². The van der Waals surface area contributed by atoms with Crippen LogP contribution in [0.4, 0.5) is 10.6 Å². The number of carbonyl (C=O) groups excluding carboxylic acids is 1. The lowest BCUT2D eigenvalue weighted by Crippen LogP contribution is -2.14. The van der Waals surface area contributed by atoms with E-state index in [1.165, 1.54) is 6.20 Å². The molecule has 4 nitrogen and oxygen atoms in total. The lowest BCUT2D eigenvalue weighted by atomic mass is 10.3. The number of carbonyl (C=O) groups is 1. The van der Waals surface area contributed by atoms with Crippen molar-refractivity contribution in [3.8, 4) is 0 Å². The average Bonchev–Trinajstić information content (AvgIpc) is 2.09. The molecule has 0 saturated carbocycles. The van der Waals surface area contributed by atoms with Gasteiger partial charge in [-0.2, -0.15) is 0 Å². The molecule has 4 heteroatoms. The minimum absolute atomic E-state index is 0.351. The van der Waals surface area contributed by atoms with E-state index in [9.17, 15) is 4.79 Å². The first-order valence-corrected chi connectivity index (χ1v) is 4.00. The Morgan fingerprint density at radius 2 is 2.54 bits per heavy atom. The summed E-state index contributed by atoms with van der Waals surface area (Å²) in [6, 6.07) is 4.55. The van der Waals surface area contributed by atoms with Crippen LogP contribution in [0.25, 0.3) is 0 Å². The van der Waals surface area contributed by atoms with Crippen LogP contribution in [-0.4, -0.2) is 17.7 Å². The smallest absolute Gasteiger partial charge is 0.412 e. The molecule has 0 bridgehead atoms. The second kappa shape index (κ2) is 4.45. The first-order chi connectivity index (χ1) is 6.24. The van der Waals surface area contributed by atoms with Crippen LogP contribution < -0.4 is 5.32 Å². The molecule has 0 saturated heterocycles. The number of hydrogen-bond acceptors (Lipinski definition) is 3. The van der Waals surface area contributed by atoms with E-state index in [2.05, 4.69) is 16.4 Å². The number of hydrogen-bond donors (Lipinski definition) is 1. The number of amides is 1. The van der Waals surface area contributed by atoms with Crippen LogP contribution in [0.2, 0.25) is 0 Å². The standard InChI is InChI=1S/C9H11N2O2/c1-3-13-9(12)11-8-7(2)5-4-6-10-8/h5-6H,3H2,1-2H3,(H,10,11,12). The van der Waals surface area contributed by atoms with Gasteiger partial charge in [0.15, 0.2) is 0 Å². The molecule has 0 aromatic carbocycles. The number of anilines is 1. The highest BCUT2D eigenvalue weighted by Crippen LogP contribution is 2.08. The fourth-order valence-electron chi connectivity index (χ4n) is 0.829. The maximum Gasteiger partial charge on any atom is 0.412 e. The van der Waals surface area contributed by atoms with Crippen LogP contribution in [0.1, 0.15) is 12.5 Å². The Hall–Kier alpha value is -1.58. The summed E-state index contributed by atoms with van der Waals surface area (Å²) < 4.78 is 4.70. The van der Waals surface area contributed by atoms with Gasteiger partial charge in [0, 0.05) is 12.3 Å². The lowest BCUT2D eigenvalue weighted by molar-refractivity contribution is 0.168. The van der Waals surface area contributed by atoms with E-state index in [1.54, 1.807) is 13.0 Å². The third-order valence-corrected chi connectivity index (χ3v) is 1.44. The number of nitrogens with zero attached hydrogens (tertiary/aromatic N) is 1. The quantitative estimate of drug-likeness (QED) is 0.752. The Morgan fingerprint density at radius 1 is 1.77 bits per heavy atom. The molecule has 1 rings (SSSR count). The Bertz CT molecular complexity index is 299. The van der Waals surface area contributed by atoms with Gasteiger partial charge in [0.25, 0.3) is 0 Å². The van der Waals surface area contributed by atoms with Gasteiger partial charge in [0.05, 0.1) is 6.61 Å². The highest BCUT2D eigenvalue weighted by atomic mass is 16.5. The first-order valence-electron chi connectivity index (χ1n) is 4.00. The van der Waals surface area contributed by atoms with Gasteiger partial charge in [0.2, 0.25) is 0 Å². The molecule has 1 amide bonds. The Balaban J connectivity index is 2.63. The van der Waals surface area contributed by atoms with Crippen molar-refractivity contribution in [2.45, 2.75) is 13.8 Å². The topological polar surface area (TPSA) is 51.2 Å². The Labute approximate surface area is 76.9 Å². The summed E-state index contributed by atoms with van der Waals surface area (Å²) in [4.78, 5) is 14.9. The third-order valence-electron chi connectivity index (χ3n) is 1.44. The predicted octanol–water partition coefficient (Wildman–Crippen LogP) is 1.76.